The topological polar surface area (TPSA) is 39.2 Å². The molecule has 0 N–H and O–H groups in total. The highest BCUT2D eigenvalue weighted by molar-refractivity contribution is 5.81. The Hall–Kier alpha value is -1.97. The van der Waals surface area contributed by atoms with E-state index in [1.807, 2.05) is 0 Å². The van der Waals surface area contributed by atoms with Gasteiger partial charge in [0, 0.05) is 11.6 Å². The van der Waals surface area contributed by atoms with Gasteiger partial charge in [-0.2, -0.15) is 0 Å². The number of fused-ring (bicyclic) bond motifs is 1. The summed E-state index contributed by atoms with van der Waals surface area (Å²) in [5.74, 6) is -0.806. The third-order valence-electron chi connectivity index (χ3n) is 2.29. The third kappa shape index (κ3) is 2.00. The predicted molar refractivity (Wildman–Crippen MR) is 57.4 cm³/mol. The summed E-state index contributed by atoms with van der Waals surface area (Å²) in [6.45, 7) is 0. The first-order valence-electron chi connectivity index (χ1n) is 4.80. The zero-order valence-electron chi connectivity index (χ0n) is 8.74. The van der Waals surface area contributed by atoms with Gasteiger partial charge in [0.05, 0.1) is 13.5 Å². The fourth-order valence-electron chi connectivity index (χ4n) is 1.55. The van der Waals surface area contributed by atoms with Gasteiger partial charge in [0.25, 0.3) is 0 Å². The summed E-state index contributed by atoms with van der Waals surface area (Å²) >= 11 is 0. The molecular formula is C12H10FNO2. The minimum Gasteiger partial charge on any atom is -0.469 e. The molecule has 0 saturated heterocycles. The normalized spacial score (nSPS) is 10.4. The predicted octanol–water partition coefficient (Wildman–Crippen LogP) is 2.09. The van der Waals surface area contributed by atoms with Gasteiger partial charge < -0.3 is 4.74 Å². The number of carbonyl (C=O) groups excluding carboxylic acids is 1. The number of esters is 1. The fraction of sp³-hybridized carbons (Fsp3) is 0.167. The van der Waals surface area contributed by atoms with Crippen molar-refractivity contribution in [2.75, 3.05) is 7.11 Å². The Morgan fingerprint density at radius 2 is 2.31 bits per heavy atom. The first kappa shape index (κ1) is 10.5. The third-order valence-corrected chi connectivity index (χ3v) is 2.29. The van der Waals surface area contributed by atoms with E-state index in [-0.39, 0.29) is 12.4 Å². The second-order valence-electron chi connectivity index (χ2n) is 3.41. The average Bonchev–Trinajstić information content (AvgIpc) is 2.29. The maximum Gasteiger partial charge on any atom is 0.309 e. The lowest BCUT2D eigenvalue weighted by atomic mass is 10.1. The van der Waals surface area contributed by atoms with Crippen molar-refractivity contribution in [1.29, 1.82) is 0 Å². The van der Waals surface area contributed by atoms with Crippen LogP contribution in [0.2, 0.25) is 0 Å². The molecule has 0 aliphatic carbocycles. The van der Waals surface area contributed by atoms with Crippen molar-refractivity contribution in [2.24, 2.45) is 0 Å². The van der Waals surface area contributed by atoms with Crippen LogP contribution in [0.15, 0.2) is 30.5 Å². The molecule has 0 aliphatic heterocycles. The standard InChI is InChI=1S/C12H10FNO2/c1-16-11(15)7-8-5-9-3-2-4-14-12(9)10(13)6-8/h2-6H,7H2,1H3. The van der Waals surface area contributed by atoms with Crippen molar-refractivity contribution < 1.29 is 13.9 Å². The average molecular weight is 219 g/mol. The van der Waals surface area contributed by atoms with Crippen LogP contribution in [0.25, 0.3) is 10.9 Å². The van der Waals surface area contributed by atoms with Crippen molar-refractivity contribution in [3.05, 3.63) is 41.8 Å². The van der Waals surface area contributed by atoms with Gasteiger partial charge in [0.1, 0.15) is 11.3 Å². The zero-order chi connectivity index (χ0) is 11.5. The summed E-state index contributed by atoms with van der Waals surface area (Å²) in [5.41, 5.74) is 0.904. The Morgan fingerprint density at radius 1 is 1.50 bits per heavy atom. The molecule has 4 heteroatoms. The number of rotatable bonds is 2. The monoisotopic (exact) mass is 219 g/mol. The SMILES string of the molecule is COC(=O)Cc1cc(F)c2ncccc2c1. The van der Waals surface area contributed by atoms with Crippen LogP contribution in [0, 0.1) is 5.82 Å². The molecule has 1 heterocycles. The lowest BCUT2D eigenvalue weighted by molar-refractivity contribution is -0.139. The molecule has 0 fully saturated rings. The molecule has 0 spiro atoms. The van der Waals surface area contributed by atoms with E-state index >= 15 is 0 Å². The molecule has 2 aromatic rings. The van der Waals surface area contributed by atoms with Crippen LogP contribution in [0.1, 0.15) is 5.56 Å². The number of methoxy groups -OCH3 is 1. The molecule has 0 atom stereocenters. The second kappa shape index (κ2) is 4.26. The number of hydrogen-bond acceptors (Lipinski definition) is 3. The maximum absolute atomic E-state index is 13.6. The van der Waals surface area contributed by atoms with E-state index in [0.29, 0.717) is 16.5 Å². The smallest absolute Gasteiger partial charge is 0.309 e. The van der Waals surface area contributed by atoms with Crippen molar-refractivity contribution >= 4 is 16.9 Å². The van der Waals surface area contributed by atoms with Crippen LogP contribution in [0.3, 0.4) is 0 Å². The van der Waals surface area contributed by atoms with E-state index in [0.717, 1.165) is 0 Å². The highest BCUT2D eigenvalue weighted by atomic mass is 19.1. The Balaban J connectivity index is 2.45. The van der Waals surface area contributed by atoms with Gasteiger partial charge in [-0.3, -0.25) is 9.78 Å². The largest absolute Gasteiger partial charge is 0.469 e. The summed E-state index contributed by atoms with van der Waals surface area (Å²) in [4.78, 5) is 15.0. The van der Waals surface area contributed by atoms with Crippen LogP contribution in [0.4, 0.5) is 4.39 Å². The number of benzene rings is 1. The molecule has 2 rings (SSSR count). The van der Waals surface area contributed by atoms with Crippen LogP contribution >= 0.6 is 0 Å². The quantitative estimate of drug-likeness (QED) is 0.726. The molecule has 16 heavy (non-hydrogen) atoms. The second-order valence-corrected chi connectivity index (χ2v) is 3.41. The van der Waals surface area contributed by atoms with Crippen LogP contribution < -0.4 is 0 Å². The molecule has 0 aliphatic rings. The highest BCUT2D eigenvalue weighted by Gasteiger charge is 2.08. The summed E-state index contributed by atoms with van der Waals surface area (Å²) in [6.07, 6.45) is 1.60. The van der Waals surface area contributed by atoms with Crippen molar-refractivity contribution in [3.8, 4) is 0 Å². The van der Waals surface area contributed by atoms with E-state index in [1.165, 1.54) is 19.4 Å². The van der Waals surface area contributed by atoms with E-state index in [4.69, 9.17) is 0 Å². The summed E-state index contributed by atoms with van der Waals surface area (Å²) in [6, 6.07) is 6.53. The van der Waals surface area contributed by atoms with E-state index in [2.05, 4.69) is 9.72 Å². The molecule has 0 bridgehead atoms. The van der Waals surface area contributed by atoms with Gasteiger partial charge in [-0.25, -0.2) is 4.39 Å². The molecule has 3 nitrogen and oxygen atoms in total. The number of hydrogen-bond donors (Lipinski definition) is 0. The van der Waals surface area contributed by atoms with Crippen molar-refractivity contribution in [1.82, 2.24) is 4.98 Å². The minimum absolute atomic E-state index is 0.0677. The Bertz CT molecular complexity index is 540. The number of carbonyl (C=O) groups is 1. The molecule has 0 unspecified atom stereocenters. The molecule has 0 amide bonds. The van der Waals surface area contributed by atoms with Crippen LogP contribution in [0.5, 0.6) is 0 Å². The van der Waals surface area contributed by atoms with Crippen LogP contribution in [-0.4, -0.2) is 18.1 Å². The Morgan fingerprint density at radius 3 is 3.06 bits per heavy atom. The van der Waals surface area contributed by atoms with E-state index in [1.54, 1.807) is 18.2 Å². The fourth-order valence-corrected chi connectivity index (χ4v) is 1.55. The summed E-state index contributed by atoms with van der Waals surface area (Å²) in [5, 5.41) is 0.682. The Kier molecular flexibility index (Phi) is 2.81. The number of ether oxygens (including phenoxy) is 1. The molecule has 82 valence electrons. The maximum atomic E-state index is 13.6. The number of pyridine rings is 1. The van der Waals surface area contributed by atoms with Crippen LogP contribution in [-0.2, 0) is 16.0 Å². The van der Waals surface area contributed by atoms with Crippen molar-refractivity contribution in [3.63, 3.8) is 0 Å². The number of halogens is 1. The minimum atomic E-state index is -0.419. The zero-order valence-corrected chi connectivity index (χ0v) is 8.74. The van der Waals surface area contributed by atoms with Crippen molar-refractivity contribution in [2.45, 2.75) is 6.42 Å². The molecule has 1 aromatic heterocycles. The first-order valence-corrected chi connectivity index (χ1v) is 4.80. The molecule has 1 aromatic carbocycles. The van der Waals surface area contributed by atoms with E-state index in [9.17, 15) is 9.18 Å². The molecular weight excluding hydrogens is 209 g/mol. The Labute approximate surface area is 91.9 Å². The number of aromatic nitrogens is 1. The first-order chi connectivity index (χ1) is 7.70. The summed E-state index contributed by atoms with van der Waals surface area (Å²) in [7, 11) is 1.31. The van der Waals surface area contributed by atoms with Gasteiger partial charge in [-0.15, -0.1) is 0 Å². The molecule has 0 radical (unpaired) electrons. The lowest BCUT2D eigenvalue weighted by Gasteiger charge is -2.03. The van der Waals surface area contributed by atoms with Gasteiger partial charge in [0.2, 0.25) is 0 Å². The number of nitrogens with zero attached hydrogens (tertiary/aromatic N) is 1. The van der Waals surface area contributed by atoms with E-state index < -0.39 is 5.82 Å². The highest BCUT2D eigenvalue weighted by Crippen LogP contribution is 2.18. The lowest BCUT2D eigenvalue weighted by Crippen LogP contribution is -2.04. The van der Waals surface area contributed by atoms with Gasteiger partial charge in [-0.1, -0.05) is 6.07 Å². The molecule has 0 saturated carbocycles. The van der Waals surface area contributed by atoms with Gasteiger partial charge in [0.15, 0.2) is 0 Å². The van der Waals surface area contributed by atoms with Gasteiger partial charge in [-0.05, 0) is 23.8 Å². The van der Waals surface area contributed by atoms with Gasteiger partial charge >= 0.3 is 5.97 Å². The summed E-state index contributed by atoms with van der Waals surface area (Å²) < 4.78 is 18.1.